The van der Waals surface area contributed by atoms with Crippen LogP contribution in [0.1, 0.15) is 47.2 Å². The van der Waals surface area contributed by atoms with E-state index < -0.39 is 0 Å². The Hall–Kier alpha value is -2.97. The van der Waals surface area contributed by atoms with Crippen molar-refractivity contribution in [3.63, 3.8) is 0 Å². The molecular weight excluding hydrogens is 414 g/mol. The Morgan fingerprint density at radius 2 is 1.18 bits per heavy atom. The smallest absolute Gasteiger partial charge is 0.191 e. The van der Waals surface area contributed by atoms with Gasteiger partial charge in [0.15, 0.2) is 17.9 Å². The van der Waals surface area contributed by atoms with Crippen molar-refractivity contribution in [2.45, 2.75) is 58.7 Å². The summed E-state index contributed by atoms with van der Waals surface area (Å²) in [6.45, 7) is 11.5. The normalized spacial score (nSPS) is 20.9. The molecule has 0 amide bonds. The summed E-state index contributed by atoms with van der Waals surface area (Å²) >= 11 is 0. The van der Waals surface area contributed by atoms with Crippen molar-refractivity contribution in [3.05, 3.63) is 33.4 Å². The van der Waals surface area contributed by atoms with Gasteiger partial charge in [-0.3, -0.25) is 15.0 Å². The summed E-state index contributed by atoms with van der Waals surface area (Å²) in [5.74, 6) is 2.80. The predicted octanol–water partition coefficient (Wildman–Crippen LogP) is -0.0750. The van der Waals surface area contributed by atoms with Gasteiger partial charge in [-0.2, -0.15) is 0 Å². The minimum atomic E-state index is 0.379. The van der Waals surface area contributed by atoms with Gasteiger partial charge in [-0.05, 0) is 59.1 Å². The second-order valence-corrected chi connectivity index (χ2v) is 9.01. The Labute approximate surface area is 196 Å². The molecule has 0 aromatic heterocycles. The largest absolute Gasteiger partial charge is 0.355 e. The molecule has 0 saturated heterocycles. The van der Waals surface area contributed by atoms with Gasteiger partial charge < -0.3 is 31.9 Å². The number of hydrogen-bond donors (Lipinski definition) is 6. The van der Waals surface area contributed by atoms with E-state index in [4.69, 9.17) is 0 Å². The Morgan fingerprint density at radius 3 is 1.70 bits per heavy atom. The maximum Gasteiger partial charge on any atom is 0.191 e. The van der Waals surface area contributed by atoms with Crippen LogP contribution in [0.15, 0.2) is 15.0 Å². The minimum Gasteiger partial charge on any atom is -0.355 e. The summed E-state index contributed by atoms with van der Waals surface area (Å²) in [5.41, 5.74) is 8.93. The Balaban J connectivity index is 1.48. The molecule has 178 valence electrons. The van der Waals surface area contributed by atoms with E-state index in [0.717, 1.165) is 95.9 Å². The molecule has 3 heterocycles. The van der Waals surface area contributed by atoms with Crippen molar-refractivity contribution in [2.24, 2.45) is 15.0 Å². The third-order valence-electron chi connectivity index (χ3n) is 7.02. The lowest BCUT2D eigenvalue weighted by molar-refractivity contribution is 0.632. The maximum atomic E-state index is 4.57. The van der Waals surface area contributed by atoms with Crippen LogP contribution in [-0.4, -0.2) is 63.2 Å². The lowest BCUT2D eigenvalue weighted by Crippen LogP contribution is -2.41. The number of rotatable bonds is 7. The Morgan fingerprint density at radius 1 is 0.667 bits per heavy atom. The molecule has 5 rings (SSSR count). The molecule has 9 nitrogen and oxygen atoms in total. The zero-order valence-corrected chi connectivity index (χ0v) is 19.9. The summed E-state index contributed by atoms with van der Waals surface area (Å²) < 4.78 is 0. The van der Waals surface area contributed by atoms with Crippen LogP contribution in [0.5, 0.6) is 0 Å². The first-order chi connectivity index (χ1) is 16.3. The standard InChI is InChI=1S/C24H37N9/c1-3-16-18-11-15(33-24-29-9-10-30-24)12-19(18)21(14-32-23-27-7-8-28-23)17(4-2)20(16)13-31-22-25-5-6-26-22/h15H,3-14H2,1-2H3,(H2,25,26,31)(H2,27,28,32)(H2,29,30,33). The Bertz CT molecular complexity index is 979. The van der Waals surface area contributed by atoms with Gasteiger partial charge in [0, 0.05) is 38.8 Å². The minimum absolute atomic E-state index is 0.379. The van der Waals surface area contributed by atoms with Crippen molar-refractivity contribution in [1.82, 2.24) is 31.9 Å². The quantitative estimate of drug-likeness (QED) is 0.346. The van der Waals surface area contributed by atoms with Gasteiger partial charge in [0.1, 0.15) is 0 Å². The molecule has 3 aliphatic heterocycles. The highest BCUT2D eigenvalue weighted by Crippen LogP contribution is 2.36. The second kappa shape index (κ2) is 9.89. The third kappa shape index (κ3) is 4.58. The molecule has 6 N–H and O–H groups in total. The lowest BCUT2D eigenvalue weighted by Gasteiger charge is -2.24. The van der Waals surface area contributed by atoms with Gasteiger partial charge in [0.25, 0.3) is 0 Å². The molecule has 1 unspecified atom stereocenters. The number of nitrogens with one attached hydrogen (secondary N) is 6. The fourth-order valence-corrected chi connectivity index (χ4v) is 5.60. The summed E-state index contributed by atoms with van der Waals surface area (Å²) in [6.07, 6.45) is 4.14. The molecule has 1 aliphatic carbocycles. The van der Waals surface area contributed by atoms with E-state index in [-0.39, 0.29) is 0 Å². The van der Waals surface area contributed by atoms with E-state index in [1.54, 1.807) is 0 Å². The molecule has 1 aromatic carbocycles. The van der Waals surface area contributed by atoms with E-state index in [2.05, 4.69) is 60.7 Å². The summed E-state index contributed by atoms with van der Waals surface area (Å²) in [4.78, 5) is 13.7. The molecule has 0 bridgehead atoms. The van der Waals surface area contributed by atoms with E-state index in [0.29, 0.717) is 6.04 Å². The number of benzene rings is 1. The van der Waals surface area contributed by atoms with E-state index in [1.165, 1.54) is 33.4 Å². The van der Waals surface area contributed by atoms with E-state index in [1.807, 2.05) is 0 Å². The Kier molecular flexibility index (Phi) is 6.55. The molecule has 1 atom stereocenters. The van der Waals surface area contributed by atoms with Crippen LogP contribution in [0.4, 0.5) is 0 Å². The van der Waals surface area contributed by atoms with Gasteiger partial charge in [0.2, 0.25) is 0 Å². The van der Waals surface area contributed by atoms with E-state index in [9.17, 15) is 0 Å². The van der Waals surface area contributed by atoms with Crippen LogP contribution < -0.4 is 31.9 Å². The predicted molar refractivity (Wildman–Crippen MR) is 134 cm³/mol. The van der Waals surface area contributed by atoms with Crippen LogP contribution in [0, 0.1) is 0 Å². The highest BCUT2D eigenvalue weighted by molar-refractivity contribution is 5.82. The number of nitrogens with zero attached hydrogens (tertiary/aromatic N) is 3. The molecule has 0 spiro atoms. The highest BCUT2D eigenvalue weighted by Gasteiger charge is 2.31. The molecule has 0 saturated carbocycles. The van der Waals surface area contributed by atoms with Crippen LogP contribution in [-0.2, 0) is 38.8 Å². The molecular formula is C24H37N9. The van der Waals surface area contributed by atoms with Crippen LogP contribution in [0.3, 0.4) is 0 Å². The van der Waals surface area contributed by atoms with Crippen molar-refractivity contribution in [3.8, 4) is 0 Å². The molecule has 1 aromatic rings. The summed E-state index contributed by atoms with van der Waals surface area (Å²) in [6, 6.07) is 0.379. The number of fused-ring (bicyclic) bond motifs is 1. The molecule has 0 radical (unpaired) electrons. The fraction of sp³-hybridized carbons (Fsp3) is 0.625. The summed E-state index contributed by atoms with van der Waals surface area (Å²) in [5, 5.41) is 20.9. The average Bonchev–Trinajstić information content (AvgIpc) is 3.63. The maximum absolute atomic E-state index is 4.57. The van der Waals surface area contributed by atoms with Crippen LogP contribution >= 0.6 is 0 Å². The molecule has 9 heteroatoms. The highest BCUT2D eigenvalue weighted by atomic mass is 15.2. The van der Waals surface area contributed by atoms with Gasteiger partial charge in [-0.1, -0.05) is 13.8 Å². The fourth-order valence-electron chi connectivity index (χ4n) is 5.60. The monoisotopic (exact) mass is 451 g/mol. The van der Waals surface area contributed by atoms with Gasteiger partial charge in [0.05, 0.1) is 19.6 Å². The number of hydrogen-bond acceptors (Lipinski definition) is 9. The second-order valence-electron chi connectivity index (χ2n) is 9.01. The van der Waals surface area contributed by atoms with Crippen molar-refractivity contribution < 1.29 is 0 Å². The van der Waals surface area contributed by atoms with Crippen molar-refractivity contribution in [2.75, 3.05) is 39.3 Å². The van der Waals surface area contributed by atoms with E-state index >= 15 is 0 Å². The van der Waals surface area contributed by atoms with Crippen molar-refractivity contribution in [1.29, 1.82) is 0 Å². The zero-order chi connectivity index (χ0) is 22.6. The lowest BCUT2D eigenvalue weighted by atomic mass is 9.85. The number of guanidine groups is 3. The zero-order valence-electron chi connectivity index (χ0n) is 19.9. The van der Waals surface area contributed by atoms with Crippen molar-refractivity contribution >= 4 is 17.9 Å². The number of aliphatic imine (C=N–C) groups is 3. The topological polar surface area (TPSA) is 109 Å². The average molecular weight is 452 g/mol. The first kappa shape index (κ1) is 21.9. The van der Waals surface area contributed by atoms with Crippen LogP contribution in [0.2, 0.25) is 0 Å². The summed E-state index contributed by atoms with van der Waals surface area (Å²) in [7, 11) is 0. The first-order valence-corrected chi connectivity index (χ1v) is 12.5. The van der Waals surface area contributed by atoms with Gasteiger partial charge in [-0.25, -0.2) is 0 Å². The van der Waals surface area contributed by atoms with Gasteiger partial charge in [-0.15, -0.1) is 0 Å². The first-order valence-electron chi connectivity index (χ1n) is 12.5. The molecule has 0 fully saturated rings. The third-order valence-corrected chi connectivity index (χ3v) is 7.02. The van der Waals surface area contributed by atoms with Crippen LogP contribution in [0.25, 0.3) is 0 Å². The molecule has 33 heavy (non-hydrogen) atoms. The van der Waals surface area contributed by atoms with Gasteiger partial charge >= 0.3 is 0 Å². The SMILES string of the molecule is CCc1c(CNC2=NCCN2)c(CC)c2c(c1CNC1=NCCN1)CC(NC1=NCCN1)C2. The molecule has 4 aliphatic rings.